The molecular formula is C24H28N4O3. The molecule has 7 nitrogen and oxygen atoms in total. The van der Waals surface area contributed by atoms with Gasteiger partial charge in [0, 0.05) is 30.9 Å². The minimum absolute atomic E-state index is 0.0914. The Morgan fingerprint density at radius 2 is 1.94 bits per heavy atom. The number of anilines is 1. The van der Waals surface area contributed by atoms with Crippen molar-refractivity contribution in [2.24, 2.45) is 0 Å². The molecule has 1 N–H and O–H groups in total. The summed E-state index contributed by atoms with van der Waals surface area (Å²) in [7, 11) is 0. The summed E-state index contributed by atoms with van der Waals surface area (Å²) < 4.78 is 13.2. The first-order chi connectivity index (χ1) is 15.2. The third-order valence-corrected chi connectivity index (χ3v) is 5.84. The summed E-state index contributed by atoms with van der Waals surface area (Å²) >= 11 is 0. The molecule has 0 spiro atoms. The van der Waals surface area contributed by atoms with E-state index in [0.29, 0.717) is 24.8 Å². The molecule has 162 valence electrons. The number of carbonyl (C=O) groups is 1. The number of aromatic nitrogens is 2. The monoisotopic (exact) mass is 420 g/mol. The van der Waals surface area contributed by atoms with Crippen molar-refractivity contribution in [2.75, 3.05) is 44.4 Å². The summed E-state index contributed by atoms with van der Waals surface area (Å²) in [5.74, 6) is 1.11. The quantitative estimate of drug-likeness (QED) is 0.595. The van der Waals surface area contributed by atoms with Crippen molar-refractivity contribution in [3.63, 3.8) is 0 Å². The number of hydrogen-bond donors (Lipinski definition) is 1. The number of hydrogen-bond acceptors (Lipinski definition) is 5. The molecule has 1 aromatic carbocycles. The van der Waals surface area contributed by atoms with E-state index in [1.165, 1.54) is 5.69 Å². The Kier molecular flexibility index (Phi) is 5.51. The van der Waals surface area contributed by atoms with Crippen molar-refractivity contribution in [3.8, 4) is 5.75 Å². The number of pyridine rings is 1. The highest BCUT2D eigenvalue weighted by atomic mass is 16.5. The average molecular weight is 421 g/mol. The number of aryl methyl sites for hydroxylation is 1. The minimum atomic E-state index is -0.0914. The van der Waals surface area contributed by atoms with Gasteiger partial charge in [0.15, 0.2) is 0 Å². The van der Waals surface area contributed by atoms with Crippen LogP contribution >= 0.6 is 0 Å². The highest BCUT2D eigenvalue weighted by Crippen LogP contribution is 2.41. The number of amides is 1. The van der Waals surface area contributed by atoms with E-state index >= 15 is 0 Å². The number of carbonyl (C=O) groups excluding carboxylic acids is 1. The third kappa shape index (κ3) is 4.37. The Labute approximate surface area is 182 Å². The summed E-state index contributed by atoms with van der Waals surface area (Å²) in [6.45, 7) is 6.25. The van der Waals surface area contributed by atoms with Crippen molar-refractivity contribution in [2.45, 2.75) is 25.7 Å². The fourth-order valence-electron chi connectivity index (χ4n) is 4.03. The number of nitrogens with one attached hydrogen (secondary N) is 1. The van der Waals surface area contributed by atoms with Gasteiger partial charge in [-0.3, -0.25) is 9.20 Å². The zero-order chi connectivity index (χ0) is 21.2. The van der Waals surface area contributed by atoms with Crippen molar-refractivity contribution < 1.29 is 14.3 Å². The van der Waals surface area contributed by atoms with E-state index in [1.807, 2.05) is 41.8 Å². The number of ether oxygens (including phenoxy) is 2. The van der Waals surface area contributed by atoms with Crippen molar-refractivity contribution in [1.82, 2.24) is 14.7 Å². The van der Waals surface area contributed by atoms with Crippen LogP contribution in [-0.4, -0.2) is 54.7 Å². The lowest BCUT2D eigenvalue weighted by molar-refractivity contribution is 0.0940. The molecule has 5 rings (SSSR count). The number of rotatable bonds is 7. The number of fused-ring (bicyclic) bond motifs is 1. The van der Waals surface area contributed by atoms with E-state index in [0.717, 1.165) is 61.8 Å². The van der Waals surface area contributed by atoms with Crippen LogP contribution in [-0.2, 0) is 4.74 Å². The standard InChI is InChI=1S/C24H28N4O3/c1-17-2-9-21-26-22(18-3-4-18)23(28(21)16-17)24(29)25-10-13-31-20-7-5-19(6-8-20)27-11-14-30-15-12-27/h2,5-9,16,18H,3-4,10-15H2,1H3,(H,25,29). The summed E-state index contributed by atoms with van der Waals surface area (Å²) in [6, 6.07) is 12.1. The Morgan fingerprint density at radius 1 is 1.16 bits per heavy atom. The van der Waals surface area contributed by atoms with E-state index in [9.17, 15) is 4.79 Å². The average Bonchev–Trinajstić information content (AvgIpc) is 3.58. The first-order valence-corrected chi connectivity index (χ1v) is 11.0. The third-order valence-electron chi connectivity index (χ3n) is 5.84. The maximum atomic E-state index is 13.0. The SMILES string of the molecule is Cc1ccc2nc(C3CC3)c(C(=O)NCCOc3ccc(N4CCOCC4)cc3)n2c1. The molecular weight excluding hydrogens is 392 g/mol. The zero-order valence-electron chi connectivity index (χ0n) is 17.8. The zero-order valence-corrected chi connectivity index (χ0v) is 17.8. The second-order valence-electron chi connectivity index (χ2n) is 8.25. The lowest BCUT2D eigenvalue weighted by atomic mass is 10.2. The fraction of sp³-hybridized carbons (Fsp3) is 0.417. The first-order valence-electron chi connectivity index (χ1n) is 11.0. The predicted octanol–water partition coefficient (Wildman–Crippen LogP) is 3.17. The molecule has 2 aromatic heterocycles. The Morgan fingerprint density at radius 3 is 2.68 bits per heavy atom. The van der Waals surface area contributed by atoms with Gasteiger partial charge in [0.25, 0.3) is 5.91 Å². The van der Waals surface area contributed by atoms with E-state index < -0.39 is 0 Å². The van der Waals surface area contributed by atoms with Gasteiger partial charge in [0.05, 0.1) is 25.5 Å². The van der Waals surface area contributed by atoms with Crippen LogP contribution in [0.1, 0.15) is 40.5 Å². The van der Waals surface area contributed by atoms with Gasteiger partial charge in [-0.15, -0.1) is 0 Å². The van der Waals surface area contributed by atoms with Crippen molar-refractivity contribution in [1.29, 1.82) is 0 Å². The summed E-state index contributed by atoms with van der Waals surface area (Å²) in [6.07, 6.45) is 4.19. The number of imidazole rings is 1. The van der Waals surface area contributed by atoms with Gasteiger partial charge in [0.1, 0.15) is 23.7 Å². The van der Waals surface area contributed by atoms with E-state index in [4.69, 9.17) is 14.5 Å². The lowest BCUT2D eigenvalue weighted by Gasteiger charge is -2.28. The van der Waals surface area contributed by atoms with Crippen LogP contribution in [0, 0.1) is 6.92 Å². The van der Waals surface area contributed by atoms with E-state index in [1.54, 1.807) is 0 Å². The van der Waals surface area contributed by atoms with Crippen LogP contribution < -0.4 is 15.0 Å². The molecule has 1 amide bonds. The van der Waals surface area contributed by atoms with Gasteiger partial charge in [-0.25, -0.2) is 4.98 Å². The van der Waals surface area contributed by atoms with Crippen molar-refractivity contribution in [3.05, 3.63) is 59.5 Å². The topological polar surface area (TPSA) is 68.1 Å². The first kappa shape index (κ1) is 19.9. The maximum Gasteiger partial charge on any atom is 0.270 e. The smallest absolute Gasteiger partial charge is 0.270 e. The van der Waals surface area contributed by atoms with Crippen LogP contribution in [0.15, 0.2) is 42.6 Å². The molecule has 1 saturated heterocycles. The number of nitrogens with zero attached hydrogens (tertiary/aromatic N) is 3. The summed E-state index contributed by atoms with van der Waals surface area (Å²) in [4.78, 5) is 20.0. The Bertz CT molecular complexity index is 1070. The predicted molar refractivity (Wildman–Crippen MR) is 119 cm³/mol. The molecule has 0 unspecified atom stereocenters. The molecule has 2 fully saturated rings. The second-order valence-corrected chi connectivity index (χ2v) is 8.25. The highest BCUT2D eigenvalue weighted by molar-refractivity contribution is 5.95. The summed E-state index contributed by atoms with van der Waals surface area (Å²) in [5.41, 5.74) is 4.69. The van der Waals surface area contributed by atoms with Gasteiger partial charge < -0.3 is 19.7 Å². The van der Waals surface area contributed by atoms with Crippen LogP contribution in [0.4, 0.5) is 5.69 Å². The van der Waals surface area contributed by atoms with Gasteiger partial charge in [-0.05, 0) is 55.7 Å². The van der Waals surface area contributed by atoms with Crippen LogP contribution in [0.25, 0.3) is 5.65 Å². The minimum Gasteiger partial charge on any atom is -0.492 e. The lowest BCUT2D eigenvalue weighted by Crippen LogP contribution is -2.36. The molecule has 3 aromatic rings. The van der Waals surface area contributed by atoms with Crippen LogP contribution in [0.3, 0.4) is 0 Å². The molecule has 0 bridgehead atoms. The molecule has 31 heavy (non-hydrogen) atoms. The summed E-state index contributed by atoms with van der Waals surface area (Å²) in [5, 5.41) is 3.01. The van der Waals surface area contributed by atoms with Gasteiger partial charge >= 0.3 is 0 Å². The second kappa shape index (κ2) is 8.59. The molecule has 0 radical (unpaired) electrons. The Hall–Kier alpha value is -3.06. The van der Waals surface area contributed by atoms with Gasteiger partial charge in [0.2, 0.25) is 0 Å². The normalized spacial score (nSPS) is 16.5. The van der Waals surface area contributed by atoms with Crippen molar-refractivity contribution >= 4 is 17.2 Å². The molecule has 0 atom stereocenters. The molecule has 7 heteroatoms. The van der Waals surface area contributed by atoms with E-state index in [2.05, 4.69) is 22.3 Å². The molecule has 2 aliphatic rings. The molecule has 3 heterocycles. The highest BCUT2D eigenvalue weighted by Gasteiger charge is 2.32. The van der Waals surface area contributed by atoms with E-state index in [-0.39, 0.29) is 5.91 Å². The van der Waals surface area contributed by atoms with Gasteiger partial charge in [-0.2, -0.15) is 0 Å². The van der Waals surface area contributed by atoms with Crippen LogP contribution in [0.2, 0.25) is 0 Å². The largest absolute Gasteiger partial charge is 0.492 e. The fourth-order valence-corrected chi connectivity index (χ4v) is 4.03. The molecule has 1 aliphatic heterocycles. The molecule has 1 saturated carbocycles. The number of benzene rings is 1. The number of morpholine rings is 1. The Balaban J connectivity index is 1.18. The maximum absolute atomic E-state index is 13.0. The van der Waals surface area contributed by atoms with Crippen LogP contribution in [0.5, 0.6) is 5.75 Å². The van der Waals surface area contributed by atoms with Gasteiger partial charge in [-0.1, -0.05) is 6.07 Å². The molecule has 1 aliphatic carbocycles.